The SMILES string of the molecule is NC(=O)N(O)C1C=C(c2cccc(Oc3ccc(Cl)cc3)c2)CC1. The Labute approximate surface area is 144 Å². The molecule has 2 aromatic rings. The summed E-state index contributed by atoms with van der Waals surface area (Å²) in [6.07, 6.45) is 3.24. The minimum Gasteiger partial charge on any atom is -0.457 e. The number of nitrogens with zero attached hydrogens (tertiary/aromatic N) is 1. The highest BCUT2D eigenvalue weighted by atomic mass is 35.5. The first-order chi connectivity index (χ1) is 11.5. The molecule has 1 unspecified atom stereocenters. The molecule has 0 aliphatic heterocycles. The van der Waals surface area contributed by atoms with Crippen molar-refractivity contribution in [2.75, 3.05) is 0 Å². The molecule has 1 atom stereocenters. The third-order valence-electron chi connectivity index (χ3n) is 3.90. The lowest BCUT2D eigenvalue weighted by Gasteiger charge is -2.17. The number of hydrogen-bond donors (Lipinski definition) is 2. The van der Waals surface area contributed by atoms with Gasteiger partial charge in [-0.1, -0.05) is 29.8 Å². The molecule has 6 heteroatoms. The van der Waals surface area contributed by atoms with Crippen molar-refractivity contribution >= 4 is 23.2 Å². The molecule has 3 N–H and O–H groups in total. The molecule has 2 aromatic carbocycles. The van der Waals surface area contributed by atoms with E-state index in [-0.39, 0.29) is 0 Å². The van der Waals surface area contributed by atoms with E-state index in [0.29, 0.717) is 28.0 Å². The molecule has 0 heterocycles. The summed E-state index contributed by atoms with van der Waals surface area (Å²) in [5.41, 5.74) is 7.13. The first-order valence-electron chi connectivity index (χ1n) is 7.55. The molecule has 0 radical (unpaired) electrons. The lowest BCUT2D eigenvalue weighted by molar-refractivity contribution is -0.0608. The van der Waals surface area contributed by atoms with Gasteiger partial charge in [0, 0.05) is 5.02 Å². The summed E-state index contributed by atoms with van der Waals surface area (Å²) in [6.45, 7) is 0. The van der Waals surface area contributed by atoms with E-state index < -0.39 is 12.1 Å². The van der Waals surface area contributed by atoms with Crippen molar-refractivity contribution in [2.24, 2.45) is 5.73 Å². The standard InChI is InChI=1S/C18H17ClN2O3/c19-14-5-8-16(9-6-14)24-17-3-1-2-12(11-17)13-4-7-15(10-13)21(23)18(20)22/h1-3,5-6,8-11,15,23H,4,7H2,(H2,20,22). The Balaban J connectivity index is 1.77. The summed E-state index contributed by atoms with van der Waals surface area (Å²) < 4.78 is 5.83. The second kappa shape index (κ2) is 6.95. The fourth-order valence-corrected chi connectivity index (χ4v) is 2.82. The second-order valence-corrected chi connectivity index (χ2v) is 6.00. The van der Waals surface area contributed by atoms with Crippen LogP contribution in [0.4, 0.5) is 4.79 Å². The van der Waals surface area contributed by atoms with Crippen LogP contribution in [0.2, 0.25) is 5.02 Å². The smallest absolute Gasteiger partial charge is 0.339 e. The summed E-state index contributed by atoms with van der Waals surface area (Å²) in [5.74, 6) is 1.40. The minimum atomic E-state index is -0.850. The molecule has 5 nitrogen and oxygen atoms in total. The van der Waals surface area contributed by atoms with E-state index in [1.807, 2.05) is 30.3 Å². The van der Waals surface area contributed by atoms with Crippen LogP contribution in [0.1, 0.15) is 18.4 Å². The minimum absolute atomic E-state index is 0.390. The van der Waals surface area contributed by atoms with E-state index in [4.69, 9.17) is 22.1 Å². The zero-order valence-corrected chi connectivity index (χ0v) is 13.6. The maximum absolute atomic E-state index is 11.1. The van der Waals surface area contributed by atoms with Crippen LogP contribution in [-0.4, -0.2) is 22.3 Å². The monoisotopic (exact) mass is 344 g/mol. The quantitative estimate of drug-likeness (QED) is 0.635. The van der Waals surface area contributed by atoms with Crippen molar-refractivity contribution in [2.45, 2.75) is 18.9 Å². The number of hydroxylamine groups is 2. The van der Waals surface area contributed by atoms with Gasteiger partial charge < -0.3 is 10.5 Å². The Hall–Kier alpha value is -2.50. The van der Waals surface area contributed by atoms with Gasteiger partial charge in [0.25, 0.3) is 0 Å². The number of carbonyl (C=O) groups is 1. The van der Waals surface area contributed by atoms with E-state index in [0.717, 1.165) is 17.6 Å². The summed E-state index contributed by atoms with van der Waals surface area (Å²) in [6, 6.07) is 13.6. The zero-order valence-electron chi connectivity index (χ0n) is 12.9. The molecule has 2 amide bonds. The number of hydrogen-bond acceptors (Lipinski definition) is 3. The van der Waals surface area contributed by atoms with E-state index in [2.05, 4.69) is 0 Å². The van der Waals surface area contributed by atoms with Crippen molar-refractivity contribution in [3.8, 4) is 11.5 Å². The molecule has 124 valence electrons. The Bertz CT molecular complexity index is 774. The van der Waals surface area contributed by atoms with Crippen LogP contribution in [0.25, 0.3) is 5.57 Å². The number of nitrogens with two attached hydrogens (primary N) is 1. The van der Waals surface area contributed by atoms with Gasteiger partial charge in [-0.2, -0.15) is 5.06 Å². The summed E-state index contributed by atoms with van der Waals surface area (Å²) >= 11 is 5.87. The maximum Gasteiger partial charge on any atom is 0.339 e. The number of allylic oxidation sites excluding steroid dienone is 1. The molecule has 24 heavy (non-hydrogen) atoms. The topological polar surface area (TPSA) is 75.8 Å². The lowest BCUT2D eigenvalue weighted by atomic mass is 10.1. The van der Waals surface area contributed by atoms with Gasteiger partial charge in [-0.25, -0.2) is 4.79 Å². The van der Waals surface area contributed by atoms with Crippen LogP contribution in [0.15, 0.2) is 54.6 Å². The van der Waals surface area contributed by atoms with Gasteiger partial charge in [0.2, 0.25) is 0 Å². The normalized spacial score (nSPS) is 16.6. The van der Waals surface area contributed by atoms with Gasteiger partial charge >= 0.3 is 6.03 Å². The number of primary amides is 1. The van der Waals surface area contributed by atoms with Gasteiger partial charge in [0.1, 0.15) is 11.5 Å². The number of rotatable bonds is 4. The summed E-state index contributed by atoms with van der Waals surface area (Å²) in [5, 5.41) is 10.9. The predicted octanol–water partition coefficient (Wildman–Crippen LogP) is 4.45. The molecule has 1 aliphatic rings. The Morgan fingerprint density at radius 1 is 1.21 bits per heavy atom. The average molecular weight is 345 g/mol. The van der Waals surface area contributed by atoms with Crippen LogP contribution in [0.5, 0.6) is 11.5 Å². The lowest BCUT2D eigenvalue weighted by Crippen LogP contribution is -2.39. The zero-order chi connectivity index (χ0) is 17.1. The molecule has 0 aromatic heterocycles. The fraction of sp³-hybridized carbons (Fsp3) is 0.167. The molecule has 0 saturated carbocycles. The Kier molecular flexibility index (Phi) is 4.74. The van der Waals surface area contributed by atoms with Crippen LogP contribution in [0.3, 0.4) is 0 Å². The molecule has 0 fully saturated rings. The summed E-state index contributed by atoms with van der Waals surface area (Å²) in [7, 11) is 0. The average Bonchev–Trinajstić information content (AvgIpc) is 3.06. The molecule has 3 rings (SSSR count). The number of carbonyl (C=O) groups excluding carboxylic acids is 1. The van der Waals surface area contributed by atoms with Crippen molar-refractivity contribution < 1.29 is 14.7 Å². The van der Waals surface area contributed by atoms with E-state index in [1.165, 1.54) is 0 Å². The molecular weight excluding hydrogens is 328 g/mol. The van der Waals surface area contributed by atoms with Crippen LogP contribution in [0, 0.1) is 0 Å². The molecule has 0 saturated heterocycles. The van der Waals surface area contributed by atoms with Gasteiger partial charge in [-0.15, -0.1) is 0 Å². The highest BCUT2D eigenvalue weighted by Crippen LogP contribution is 2.32. The Morgan fingerprint density at radius 2 is 1.96 bits per heavy atom. The van der Waals surface area contributed by atoms with Gasteiger partial charge in [-0.05, 0) is 60.4 Å². The first-order valence-corrected chi connectivity index (χ1v) is 7.93. The molecule has 0 bridgehead atoms. The highest BCUT2D eigenvalue weighted by molar-refractivity contribution is 6.30. The number of ether oxygens (including phenoxy) is 1. The first kappa shape index (κ1) is 16.4. The number of benzene rings is 2. The van der Waals surface area contributed by atoms with Gasteiger partial charge in [-0.3, -0.25) is 5.21 Å². The number of halogens is 1. The van der Waals surface area contributed by atoms with Crippen LogP contribution in [-0.2, 0) is 0 Å². The van der Waals surface area contributed by atoms with E-state index in [1.54, 1.807) is 24.3 Å². The predicted molar refractivity (Wildman–Crippen MR) is 92.2 cm³/mol. The fourth-order valence-electron chi connectivity index (χ4n) is 2.70. The van der Waals surface area contributed by atoms with E-state index in [9.17, 15) is 10.0 Å². The van der Waals surface area contributed by atoms with Crippen molar-refractivity contribution in [3.63, 3.8) is 0 Å². The van der Waals surface area contributed by atoms with Crippen LogP contribution >= 0.6 is 11.6 Å². The van der Waals surface area contributed by atoms with E-state index >= 15 is 0 Å². The van der Waals surface area contributed by atoms with Gasteiger partial charge in [0.15, 0.2) is 0 Å². The highest BCUT2D eigenvalue weighted by Gasteiger charge is 2.24. The number of amides is 2. The molecule has 1 aliphatic carbocycles. The van der Waals surface area contributed by atoms with Crippen molar-refractivity contribution in [1.29, 1.82) is 0 Å². The van der Waals surface area contributed by atoms with Crippen LogP contribution < -0.4 is 10.5 Å². The maximum atomic E-state index is 11.1. The Morgan fingerprint density at radius 3 is 2.67 bits per heavy atom. The summed E-state index contributed by atoms with van der Waals surface area (Å²) in [4.78, 5) is 11.1. The van der Waals surface area contributed by atoms with Crippen molar-refractivity contribution in [3.05, 3.63) is 65.2 Å². The molecular formula is C18H17ClN2O3. The molecule has 0 spiro atoms. The largest absolute Gasteiger partial charge is 0.457 e. The third kappa shape index (κ3) is 3.69. The number of urea groups is 1. The van der Waals surface area contributed by atoms with Crippen molar-refractivity contribution in [1.82, 2.24) is 5.06 Å². The third-order valence-corrected chi connectivity index (χ3v) is 4.15. The van der Waals surface area contributed by atoms with Gasteiger partial charge in [0.05, 0.1) is 6.04 Å². The second-order valence-electron chi connectivity index (χ2n) is 5.56.